The van der Waals surface area contributed by atoms with E-state index in [1.54, 1.807) is 0 Å². The first-order valence-corrected chi connectivity index (χ1v) is 13.0. The summed E-state index contributed by atoms with van der Waals surface area (Å²) in [5.74, 6) is -0.979. The van der Waals surface area contributed by atoms with E-state index in [-0.39, 0.29) is 0 Å². The summed E-state index contributed by atoms with van der Waals surface area (Å²) in [4.78, 5) is 24.6. The van der Waals surface area contributed by atoms with E-state index in [2.05, 4.69) is 6.92 Å². The van der Waals surface area contributed by atoms with Gasteiger partial charge in [0.05, 0.1) is 0 Å². The summed E-state index contributed by atoms with van der Waals surface area (Å²) < 4.78 is 0. The number of carbonyl (C=O) groups is 2. The lowest BCUT2D eigenvalue weighted by molar-refractivity contribution is -0.142. The molecule has 184 valence electrons. The summed E-state index contributed by atoms with van der Waals surface area (Å²) in [5.41, 5.74) is 10.9. The van der Waals surface area contributed by atoms with E-state index >= 15 is 0 Å². The second kappa shape index (κ2) is 21.9. The van der Waals surface area contributed by atoms with E-state index in [0.717, 1.165) is 25.7 Å². The number of unbranched alkanes of at least 4 members (excludes halogenated alkanes) is 16. The van der Waals surface area contributed by atoms with Crippen molar-refractivity contribution < 1.29 is 14.7 Å². The van der Waals surface area contributed by atoms with Gasteiger partial charge in [0.1, 0.15) is 6.04 Å². The number of nitrogens with two attached hydrogens (primary N) is 2. The quantitative estimate of drug-likeness (QED) is 0.164. The molecule has 0 heterocycles. The molecule has 0 radical (unpaired) electrons. The molecule has 0 aromatic heterocycles. The molecule has 0 aromatic rings. The number of hydrogen-bond acceptors (Lipinski definition) is 3. The summed E-state index contributed by atoms with van der Waals surface area (Å²) in [5, 5.41) is 9.45. The van der Waals surface area contributed by atoms with Crippen molar-refractivity contribution in [2.45, 2.75) is 135 Å². The summed E-state index contributed by atoms with van der Waals surface area (Å²) in [7, 11) is 0. The van der Waals surface area contributed by atoms with Gasteiger partial charge in [0, 0.05) is 6.54 Å². The lowest BCUT2D eigenvalue weighted by atomic mass is 10.0. The number of rotatable bonds is 23. The Hall–Kier alpha value is -1.30. The smallest absolute Gasteiger partial charge is 0.326 e. The Morgan fingerprint density at radius 2 is 1.13 bits per heavy atom. The highest BCUT2D eigenvalue weighted by molar-refractivity contribution is 5.81. The topological polar surface area (TPSA) is 110 Å². The first-order valence-electron chi connectivity index (χ1n) is 13.0. The van der Waals surface area contributed by atoms with Gasteiger partial charge in [0.2, 0.25) is 0 Å². The number of urea groups is 1. The van der Waals surface area contributed by atoms with Crippen LogP contribution in [0.2, 0.25) is 0 Å². The molecule has 0 saturated carbocycles. The molecule has 0 unspecified atom stereocenters. The molecule has 6 heteroatoms. The van der Waals surface area contributed by atoms with Gasteiger partial charge in [0.25, 0.3) is 0 Å². The van der Waals surface area contributed by atoms with Gasteiger partial charge in [-0.2, -0.15) is 0 Å². The molecular formula is C25H51N3O3. The molecule has 31 heavy (non-hydrogen) atoms. The Morgan fingerprint density at radius 3 is 1.48 bits per heavy atom. The standard InChI is InChI=1S/C25H51N3O3/c1-2-3-4-5-6-7-8-9-10-11-12-13-14-15-16-19-22-28(25(27)31)23(24(29)30)20-17-18-21-26/h23H,2-22,26H2,1H3,(H2,27,31)(H,29,30)/t23-/m0/s1. The third-order valence-corrected chi connectivity index (χ3v) is 6.13. The van der Waals surface area contributed by atoms with Gasteiger partial charge in [-0.05, 0) is 32.2 Å². The second-order valence-corrected chi connectivity index (χ2v) is 8.97. The van der Waals surface area contributed by atoms with E-state index in [1.165, 1.54) is 88.4 Å². The van der Waals surface area contributed by atoms with Crippen LogP contribution < -0.4 is 11.5 Å². The fraction of sp³-hybridized carbons (Fsp3) is 0.920. The van der Waals surface area contributed by atoms with E-state index in [4.69, 9.17) is 11.5 Å². The molecule has 6 nitrogen and oxygen atoms in total. The van der Waals surface area contributed by atoms with E-state index < -0.39 is 18.0 Å². The number of carboxylic acid groups (broad SMARTS) is 1. The van der Waals surface area contributed by atoms with Crippen molar-refractivity contribution in [1.29, 1.82) is 0 Å². The molecular weight excluding hydrogens is 390 g/mol. The molecule has 0 aliphatic carbocycles. The van der Waals surface area contributed by atoms with Crippen LogP contribution in [0.25, 0.3) is 0 Å². The molecule has 0 saturated heterocycles. The van der Waals surface area contributed by atoms with E-state index in [9.17, 15) is 14.7 Å². The van der Waals surface area contributed by atoms with Crippen LogP contribution in [0, 0.1) is 0 Å². The number of carboxylic acids is 1. The Kier molecular flexibility index (Phi) is 21.0. The summed E-state index contributed by atoms with van der Waals surface area (Å²) in [6.45, 7) is 3.22. The Balaban J connectivity index is 3.67. The third kappa shape index (κ3) is 18.0. The summed E-state index contributed by atoms with van der Waals surface area (Å²) >= 11 is 0. The number of amides is 2. The number of hydrogen-bond donors (Lipinski definition) is 3. The number of nitrogens with zero attached hydrogens (tertiary/aromatic N) is 1. The van der Waals surface area contributed by atoms with Crippen molar-refractivity contribution in [3.63, 3.8) is 0 Å². The molecule has 0 aliphatic rings. The van der Waals surface area contributed by atoms with Gasteiger partial charge in [0.15, 0.2) is 0 Å². The third-order valence-electron chi connectivity index (χ3n) is 6.13. The molecule has 0 aromatic carbocycles. The molecule has 2 amide bonds. The van der Waals surface area contributed by atoms with Crippen LogP contribution in [-0.4, -0.2) is 41.1 Å². The molecule has 0 bridgehead atoms. The average molecular weight is 442 g/mol. The fourth-order valence-corrected chi connectivity index (χ4v) is 4.14. The molecule has 0 rings (SSSR count). The number of carbonyl (C=O) groups excluding carboxylic acids is 1. The Labute approximate surface area is 191 Å². The first kappa shape index (κ1) is 29.7. The van der Waals surface area contributed by atoms with Crippen LogP contribution in [0.5, 0.6) is 0 Å². The minimum Gasteiger partial charge on any atom is -0.480 e. The Morgan fingerprint density at radius 1 is 0.710 bits per heavy atom. The zero-order valence-electron chi connectivity index (χ0n) is 20.3. The fourth-order valence-electron chi connectivity index (χ4n) is 4.14. The normalized spacial score (nSPS) is 12.1. The Bertz CT molecular complexity index is 432. The van der Waals surface area contributed by atoms with Crippen LogP contribution in [0.4, 0.5) is 4.79 Å². The van der Waals surface area contributed by atoms with Gasteiger partial charge in [-0.15, -0.1) is 0 Å². The predicted molar refractivity (Wildman–Crippen MR) is 130 cm³/mol. The molecule has 0 fully saturated rings. The van der Waals surface area contributed by atoms with Gasteiger partial charge >= 0.3 is 12.0 Å². The molecule has 5 N–H and O–H groups in total. The predicted octanol–water partition coefficient (Wildman–Crippen LogP) is 6.21. The molecule has 1 atom stereocenters. The van der Waals surface area contributed by atoms with Crippen molar-refractivity contribution in [3.05, 3.63) is 0 Å². The number of primary amides is 1. The van der Waals surface area contributed by atoms with Crippen LogP contribution in [0.15, 0.2) is 0 Å². The van der Waals surface area contributed by atoms with Crippen LogP contribution in [-0.2, 0) is 4.79 Å². The zero-order valence-corrected chi connectivity index (χ0v) is 20.3. The first-order chi connectivity index (χ1) is 15.0. The van der Waals surface area contributed by atoms with Gasteiger partial charge < -0.3 is 21.5 Å². The molecule has 0 aliphatic heterocycles. The van der Waals surface area contributed by atoms with Gasteiger partial charge in [-0.1, -0.05) is 103 Å². The van der Waals surface area contributed by atoms with Crippen molar-refractivity contribution in [2.75, 3.05) is 13.1 Å². The lowest BCUT2D eigenvalue weighted by Gasteiger charge is -2.27. The maximum absolute atomic E-state index is 11.7. The average Bonchev–Trinajstić information content (AvgIpc) is 2.74. The van der Waals surface area contributed by atoms with Crippen molar-refractivity contribution in [2.24, 2.45) is 11.5 Å². The maximum Gasteiger partial charge on any atom is 0.326 e. The SMILES string of the molecule is CCCCCCCCCCCCCCCCCCN(C(N)=O)[C@@H](CCCCN)C(=O)O. The second-order valence-electron chi connectivity index (χ2n) is 8.97. The van der Waals surface area contributed by atoms with E-state index in [1.807, 2.05) is 0 Å². The minimum atomic E-state index is -0.979. The lowest BCUT2D eigenvalue weighted by Crippen LogP contribution is -2.48. The highest BCUT2D eigenvalue weighted by Crippen LogP contribution is 2.15. The van der Waals surface area contributed by atoms with Crippen molar-refractivity contribution in [3.8, 4) is 0 Å². The highest BCUT2D eigenvalue weighted by atomic mass is 16.4. The van der Waals surface area contributed by atoms with Gasteiger partial charge in [-0.25, -0.2) is 9.59 Å². The van der Waals surface area contributed by atoms with Gasteiger partial charge in [-0.3, -0.25) is 0 Å². The zero-order chi connectivity index (χ0) is 23.2. The van der Waals surface area contributed by atoms with E-state index in [0.29, 0.717) is 25.9 Å². The largest absolute Gasteiger partial charge is 0.480 e. The van der Waals surface area contributed by atoms with Crippen molar-refractivity contribution in [1.82, 2.24) is 4.90 Å². The summed E-state index contributed by atoms with van der Waals surface area (Å²) in [6, 6.07) is -1.47. The molecule has 0 spiro atoms. The maximum atomic E-state index is 11.7. The summed E-state index contributed by atoms with van der Waals surface area (Å²) in [6.07, 6.45) is 22.4. The van der Waals surface area contributed by atoms with Crippen LogP contribution in [0.1, 0.15) is 129 Å². The monoisotopic (exact) mass is 441 g/mol. The number of aliphatic carboxylic acids is 1. The van der Waals surface area contributed by atoms with Crippen LogP contribution in [0.3, 0.4) is 0 Å². The highest BCUT2D eigenvalue weighted by Gasteiger charge is 2.27. The van der Waals surface area contributed by atoms with Crippen molar-refractivity contribution >= 4 is 12.0 Å². The minimum absolute atomic E-state index is 0.411. The van der Waals surface area contributed by atoms with Crippen LogP contribution >= 0.6 is 0 Å².